The summed E-state index contributed by atoms with van der Waals surface area (Å²) in [6.07, 6.45) is 5.94. The third-order valence-electron chi connectivity index (χ3n) is 10.4. The molecule has 224 valence electrons. The van der Waals surface area contributed by atoms with Crippen LogP contribution >= 0.6 is 0 Å². The van der Waals surface area contributed by atoms with Gasteiger partial charge >= 0.3 is 0 Å². The van der Waals surface area contributed by atoms with Crippen molar-refractivity contribution in [3.63, 3.8) is 0 Å². The van der Waals surface area contributed by atoms with Crippen molar-refractivity contribution in [2.75, 3.05) is 20.1 Å². The number of amides is 3. The van der Waals surface area contributed by atoms with Gasteiger partial charge in [0, 0.05) is 46.3 Å². The lowest BCUT2D eigenvalue weighted by Gasteiger charge is -2.50. The van der Waals surface area contributed by atoms with E-state index in [2.05, 4.69) is 10.3 Å². The van der Waals surface area contributed by atoms with E-state index in [0.29, 0.717) is 32.2 Å². The van der Waals surface area contributed by atoms with Crippen LogP contribution in [0.1, 0.15) is 62.2 Å². The van der Waals surface area contributed by atoms with Crippen LogP contribution in [0.25, 0.3) is 16.5 Å². The molecule has 0 spiro atoms. The fraction of sp³-hybridized carbons (Fsp3) is 0.594. The van der Waals surface area contributed by atoms with Crippen LogP contribution in [0.15, 0.2) is 30.5 Å². The highest BCUT2D eigenvalue weighted by atomic mass is 16.7. The lowest BCUT2D eigenvalue weighted by molar-refractivity contribution is -0.324. The maximum Gasteiger partial charge on any atom is 0.281 e. The van der Waals surface area contributed by atoms with Gasteiger partial charge < -0.3 is 20.3 Å². The van der Waals surface area contributed by atoms with Crippen molar-refractivity contribution in [1.82, 2.24) is 25.0 Å². The van der Waals surface area contributed by atoms with Crippen molar-refractivity contribution >= 4 is 34.2 Å². The van der Waals surface area contributed by atoms with Gasteiger partial charge in [-0.25, -0.2) is 0 Å². The van der Waals surface area contributed by atoms with Crippen LogP contribution in [0, 0.1) is 17.8 Å². The Labute approximate surface area is 250 Å². The Kier molecular flexibility index (Phi) is 5.42. The monoisotopic (exact) mass is 578 g/mol. The topological polar surface area (TPSA) is 118 Å². The number of aromatic amines is 1. The van der Waals surface area contributed by atoms with Crippen molar-refractivity contribution in [1.29, 1.82) is 0 Å². The molecule has 3 N–H and O–H groups in total. The number of benzene rings is 1. The van der Waals surface area contributed by atoms with Crippen molar-refractivity contribution in [3.05, 3.63) is 41.6 Å². The molecule has 0 saturated carbocycles. The Hall–Kier alpha value is -3.21. The number of likely N-dealkylation sites (N-methyl/N-ethyl adjacent to an activating group) is 1. The lowest BCUT2D eigenvalue weighted by atomic mass is 9.79. The Morgan fingerprint density at radius 1 is 1.31 bits per heavy atom. The zero-order chi connectivity index (χ0) is 32.2. The molecule has 1 aliphatic carbocycles. The molecule has 1 aromatic heterocycles. The molecule has 5 aliphatic rings. The SMILES string of the molecule is [2H]C([2H])([2H])N1C[C@@H](C(=O)N[C@@]2(C(C)C)O[C@@]3(O)[C@@H]4CCCN4C(=O)[C@@H]([C@@H](C)CC)N3C2=O)C=C2c3cccc4[nH]cc(c34)C[C@H]21. The summed E-state index contributed by atoms with van der Waals surface area (Å²) in [5, 5.41) is 16.1. The highest BCUT2D eigenvalue weighted by molar-refractivity contribution is 6.01. The third-order valence-corrected chi connectivity index (χ3v) is 10.4. The van der Waals surface area contributed by atoms with Crippen LogP contribution < -0.4 is 5.32 Å². The predicted molar refractivity (Wildman–Crippen MR) is 156 cm³/mol. The fourth-order valence-electron chi connectivity index (χ4n) is 7.90. The van der Waals surface area contributed by atoms with Crippen molar-refractivity contribution in [2.45, 2.75) is 83.1 Å². The molecule has 42 heavy (non-hydrogen) atoms. The summed E-state index contributed by atoms with van der Waals surface area (Å²) < 4.78 is 31.5. The number of rotatable bonds is 5. The maximum absolute atomic E-state index is 14.5. The number of hydrogen-bond donors (Lipinski definition) is 3. The number of nitrogens with one attached hydrogen (secondary N) is 2. The largest absolute Gasteiger partial charge is 0.361 e. The van der Waals surface area contributed by atoms with Crippen molar-refractivity contribution in [2.24, 2.45) is 17.8 Å². The number of fused-ring (bicyclic) bond motifs is 5. The minimum atomic E-state index is -2.48. The second-order valence-corrected chi connectivity index (χ2v) is 13.0. The van der Waals surface area contributed by atoms with Crippen LogP contribution in [0.5, 0.6) is 0 Å². The molecule has 3 amide bonds. The smallest absolute Gasteiger partial charge is 0.281 e. The van der Waals surface area contributed by atoms with Gasteiger partial charge in [-0.15, -0.1) is 0 Å². The first-order chi connectivity index (χ1) is 21.2. The molecule has 10 heteroatoms. The van der Waals surface area contributed by atoms with Crippen molar-refractivity contribution < 1.29 is 28.3 Å². The third kappa shape index (κ3) is 3.58. The molecule has 0 radical (unpaired) electrons. The fourth-order valence-corrected chi connectivity index (χ4v) is 7.90. The maximum atomic E-state index is 14.5. The molecule has 5 heterocycles. The van der Waals surface area contributed by atoms with Gasteiger partial charge in [0.15, 0.2) is 0 Å². The van der Waals surface area contributed by atoms with Crippen LogP contribution in [0.3, 0.4) is 0 Å². The van der Waals surface area contributed by atoms with E-state index in [1.807, 2.05) is 44.3 Å². The van der Waals surface area contributed by atoms with Gasteiger partial charge in [0.25, 0.3) is 11.8 Å². The van der Waals surface area contributed by atoms with E-state index in [1.165, 1.54) is 9.80 Å². The Morgan fingerprint density at radius 3 is 2.86 bits per heavy atom. The van der Waals surface area contributed by atoms with E-state index < -0.39 is 60.4 Å². The second kappa shape index (κ2) is 9.39. The number of ether oxygens (including phenoxy) is 1. The number of carbonyl (C=O) groups excluding carboxylic acids is 3. The number of aromatic nitrogens is 1. The Balaban J connectivity index is 1.28. The highest BCUT2D eigenvalue weighted by Gasteiger charge is 2.72. The van der Waals surface area contributed by atoms with E-state index >= 15 is 0 Å². The summed E-state index contributed by atoms with van der Waals surface area (Å²) in [5.74, 6) is -5.39. The molecule has 7 atom stereocenters. The van der Waals surface area contributed by atoms with E-state index in [9.17, 15) is 19.5 Å². The van der Waals surface area contributed by atoms with Crippen LogP contribution in [-0.4, -0.2) is 92.3 Å². The van der Waals surface area contributed by atoms with E-state index in [-0.39, 0.29) is 18.4 Å². The highest BCUT2D eigenvalue weighted by Crippen LogP contribution is 2.49. The second-order valence-electron chi connectivity index (χ2n) is 13.0. The summed E-state index contributed by atoms with van der Waals surface area (Å²) in [5.41, 5.74) is 1.64. The molecule has 3 fully saturated rings. The average molecular weight is 579 g/mol. The first-order valence-corrected chi connectivity index (χ1v) is 15.2. The number of carbonyl (C=O) groups is 3. The summed E-state index contributed by atoms with van der Waals surface area (Å²) in [6.45, 7) is 5.14. The number of aliphatic hydroxyl groups is 1. The van der Waals surface area contributed by atoms with Gasteiger partial charge in [0.05, 0.1) is 5.92 Å². The first kappa shape index (κ1) is 24.3. The zero-order valence-corrected chi connectivity index (χ0v) is 24.5. The van der Waals surface area contributed by atoms with Crippen molar-refractivity contribution in [3.8, 4) is 0 Å². The van der Waals surface area contributed by atoms with E-state index in [0.717, 1.165) is 27.6 Å². The molecule has 2 aromatic rings. The normalized spacial score (nSPS) is 36.2. The lowest BCUT2D eigenvalue weighted by Crippen LogP contribution is -2.72. The molecule has 0 unspecified atom stereocenters. The molecular weight excluding hydrogens is 534 g/mol. The van der Waals surface area contributed by atoms with E-state index in [1.54, 1.807) is 18.7 Å². The average Bonchev–Trinajstić information content (AvgIpc) is 3.71. The number of piperazine rings is 1. The minimum absolute atomic E-state index is 0.0903. The molecule has 4 aliphatic heterocycles. The van der Waals surface area contributed by atoms with Crippen LogP contribution in [0.2, 0.25) is 0 Å². The molecule has 0 bridgehead atoms. The molecule has 3 saturated heterocycles. The first-order valence-electron chi connectivity index (χ1n) is 16.7. The number of H-pyrrole nitrogens is 1. The van der Waals surface area contributed by atoms with Gasteiger partial charge in [-0.05, 0) is 54.9 Å². The van der Waals surface area contributed by atoms with Gasteiger partial charge in [-0.3, -0.25) is 28.9 Å². The minimum Gasteiger partial charge on any atom is -0.361 e. The van der Waals surface area contributed by atoms with Gasteiger partial charge in [-0.1, -0.05) is 52.3 Å². The van der Waals surface area contributed by atoms with Gasteiger partial charge in [0.2, 0.25) is 17.5 Å². The van der Waals surface area contributed by atoms with Crippen LogP contribution in [-0.2, 0) is 25.5 Å². The Bertz CT molecular complexity index is 1620. The van der Waals surface area contributed by atoms with Crippen LogP contribution in [0.4, 0.5) is 0 Å². The summed E-state index contributed by atoms with van der Waals surface area (Å²) in [4.78, 5) is 50.0. The molecule has 7 rings (SSSR count). The predicted octanol–water partition coefficient (Wildman–Crippen LogP) is 2.43. The zero-order valence-electron chi connectivity index (χ0n) is 27.5. The van der Waals surface area contributed by atoms with Gasteiger partial charge in [0.1, 0.15) is 12.1 Å². The summed E-state index contributed by atoms with van der Waals surface area (Å²) in [6, 6.07) is 3.66. The number of nitrogens with zero attached hydrogens (tertiary/aromatic N) is 3. The van der Waals surface area contributed by atoms with E-state index in [4.69, 9.17) is 8.85 Å². The standard InChI is InChI=1S/C32H41N5O5/c1-6-18(4)27-29(39)36-12-8-11-25(36)32(41)37(27)30(40)31(42-32,17(2)3)34-28(38)20-13-22-21-9-7-10-23-26(21)19(15-33-23)14-24(22)35(5)16-20/h7,9-10,13,15,17-18,20,24-25,27,33,41H,6,8,11-12,14,16H2,1-5H3,(H,34,38)/t18-,20-,24+,25-,27+,31-,32-/m0/s1/i5D3. The summed E-state index contributed by atoms with van der Waals surface area (Å²) in [7, 11) is 0. The Morgan fingerprint density at radius 2 is 2.12 bits per heavy atom. The molecular formula is C32H41N5O5. The molecule has 1 aromatic carbocycles. The summed E-state index contributed by atoms with van der Waals surface area (Å²) >= 11 is 0. The molecule has 10 nitrogen and oxygen atoms in total. The quantitative estimate of drug-likeness (QED) is 0.502. The van der Waals surface area contributed by atoms with Gasteiger partial charge in [-0.2, -0.15) is 0 Å². The number of hydrogen-bond acceptors (Lipinski definition) is 6.